The second kappa shape index (κ2) is 16.7. The molecule has 1 unspecified atom stereocenters. The highest BCUT2D eigenvalue weighted by Gasteiger charge is 2.37. The molecule has 0 amide bonds. The van der Waals surface area contributed by atoms with Gasteiger partial charge < -0.3 is 23.8 Å². The van der Waals surface area contributed by atoms with E-state index < -0.39 is 0 Å². The van der Waals surface area contributed by atoms with Crippen LogP contribution in [0, 0.1) is 0 Å². The molecule has 1 aliphatic carbocycles. The van der Waals surface area contributed by atoms with Crippen LogP contribution in [0.2, 0.25) is 0 Å². The van der Waals surface area contributed by atoms with Gasteiger partial charge in [-0.15, -0.1) is 0 Å². The zero-order valence-electron chi connectivity index (χ0n) is 38.9. The van der Waals surface area contributed by atoms with E-state index in [1.807, 2.05) is 0 Å². The third-order valence-corrected chi connectivity index (χ3v) is 14.5. The number of hydrogen-bond acceptors (Lipinski definition) is 3. The predicted octanol–water partition coefficient (Wildman–Crippen LogP) is 17.4. The van der Waals surface area contributed by atoms with Crippen molar-refractivity contribution in [1.82, 2.24) is 9.13 Å². The molecule has 2 aliphatic rings. The van der Waals surface area contributed by atoms with Crippen molar-refractivity contribution in [3.63, 3.8) is 0 Å². The Bertz CT molecular complexity index is 4020. The van der Waals surface area contributed by atoms with Crippen molar-refractivity contribution >= 4 is 89.0 Å². The molecule has 0 bridgehead atoms. The van der Waals surface area contributed by atoms with Gasteiger partial charge in [-0.05, 0) is 145 Å². The molecule has 12 aromatic rings. The highest BCUT2D eigenvalue weighted by atomic mass is 15.2. The molecule has 5 heteroatoms. The zero-order chi connectivity index (χ0) is 46.8. The summed E-state index contributed by atoms with van der Waals surface area (Å²) < 4.78 is 4.77. The summed E-state index contributed by atoms with van der Waals surface area (Å²) in [7, 11) is 0. The van der Waals surface area contributed by atoms with E-state index in [1.165, 1.54) is 66.1 Å². The van der Waals surface area contributed by atoms with E-state index in [0.717, 1.165) is 51.9 Å². The average molecular weight is 910 g/mol. The van der Waals surface area contributed by atoms with Crippen LogP contribution in [0.3, 0.4) is 0 Å². The van der Waals surface area contributed by atoms with Gasteiger partial charge in [-0.1, -0.05) is 133 Å². The Labute approximate surface area is 412 Å². The van der Waals surface area contributed by atoms with E-state index in [0.29, 0.717) is 0 Å². The molecule has 0 radical (unpaired) electrons. The summed E-state index contributed by atoms with van der Waals surface area (Å²) in [4.78, 5) is 7.42. The smallest absolute Gasteiger partial charge is 0.0634 e. The number of hydrogen-bond donors (Lipinski definition) is 0. The molecule has 5 nitrogen and oxygen atoms in total. The number of allylic oxidation sites excluding steroid dienone is 1. The van der Waals surface area contributed by atoms with Crippen LogP contribution >= 0.6 is 0 Å². The summed E-state index contributed by atoms with van der Waals surface area (Å²) in [5, 5.41) is 4.90. The van der Waals surface area contributed by atoms with Gasteiger partial charge in [0.1, 0.15) is 0 Å². The molecule has 0 saturated heterocycles. The van der Waals surface area contributed by atoms with Crippen molar-refractivity contribution in [2.75, 3.05) is 14.7 Å². The lowest BCUT2D eigenvalue weighted by Gasteiger charge is -2.33. The Morgan fingerprint density at radius 1 is 0.338 bits per heavy atom. The summed E-state index contributed by atoms with van der Waals surface area (Å²) in [6, 6.07) is 92.6. The first-order chi connectivity index (χ1) is 35.2. The Morgan fingerprint density at radius 3 is 1.31 bits per heavy atom. The lowest BCUT2D eigenvalue weighted by atomic mass is 9.93. The van der Waals surface area contributed by atoms with Gasteiger partial charge in [0.25, 0.3) is 0 Å². The largest absolute Gasteiger partial charge is 0.333 e. The third-order valence-electron chi connectivity index (χ3n) is 14.5. The fraction of sp³-hybridized carbons (Fsp3) is 0.0303. The molecular formula is C66H47N5. The Hall–Kier alpha value is -9.32. The fourth-order valence-corrected chi connectivity index (χ4v) is 11.5. The van der Waals surface area contributed by atoms with Gasteiger partial charge in [-0.2, -0.15) is 0 Å². The van der Waals surface area contributed by atoms with Gasteiger partial charge in [-0.3, -0.25) is 0 Å². The number of aromatic nitrogens is 2. The topological polar surface area (TPSA) is 19.6 Å². The van der Waals surface area contributed by atoms with Crippen LogP contribution in [0.1, 0.15) is 12.0 Å². The molecule has 1 atom stereocenters. The zero-order valence-corrected chi connectivity index (χ0v) is 38.9. The summed E-state index contributed by atoms with van der Waals surface area (Å²) in [5.41, 5.74) is 18.7. The number of para-hydroxylation sites is 7. The number of benzene rings is 10. The highest BCUT2D eigenvalue weighted by molar-refractivity contribution is 6.12. The quantitative estimate of drug-likeness (QED) is 0.144. The van der Waals surface area contributed by atoms with Crippen LogP contribution in [0.5, 0.6) is 0 Å². The van der Waals surface area contributed by atoms with Gasteiger partial charge in [-0.25, -0.2) is 0 Å². The summed E-state index contributed by atoms with van der Waals surface area (Å²) in [6.07, 6.45) is 5.74. The van der Waals surface area contributed by atoms with E-state index >= 15 is 0 Å². The number of nitrogens with zero attached hydrogens (tertiary/aromatic N) is 5. The van der Waals surface area contributed by atoms with Crippen molar-refractivity contribution in [3.8, 4) is 11.4 Å². The van der Waals surface area contributed by atoms with Crippen LogP contribution in [0.15, 0.2) is 273 Å². The number of anilines is 7. The first-order valence-electron chi connectivity index (χ1n) is 24.5. The maximum atomic E-state index is 2.55. The first kappa shape index (κ1) is 40.7. The second-order valence-electron chi connectivity index (χ2n) is 18.5. The van der Waals surface area contributed by atoms with Gasteiger partial charge in [0, 0.05) is 84.0 Å². The van der Waals surface area contributed by atoms with Crippen LogP contribution < -0.4 is 14.7 Å². The minimum Gasteiger partial charge on any atom is -0.333 e. The third kappa shape index (κ3) is 6.69. The minimum absolute atomic E-state index is 0.112. The van der Waals surface area contributed by atoms with Crippen LogP contribution in [-0.4, -0.2) is 15.2 Å². The minimum atomic E-state index is 0.112. The fourth-order valence-electron chi connectivity index (χ4n) is 11.5. The second-order valence-corrected chi connectivity index (χ2v) is 18.5. The molecule has 0 saturated carbocycles. The average Bonchev–Trinajstić information content (AvgIpc) is 4.07. The van der Waals surface area contributed by atoms with Crippen LogP contribution in [-0.2, 0) is 0 Å². The molecule has 14 rings (SSSR count). The SMILES string of the molecule is C1=C2c3cc(N(c4ccccc4)c4ccc5c(c4)c4ccccc4n5-c4ccccc4)ccc3N(c3ccccc3)C2CC=C1N(c1ccccc1)c1ccc2c(c1)c1ccccc1n2-c1ccccc1. The lowest BCUT2D eigenvalue weighted by Crippen LogP contribution is -2.29. The monoisotopic (exact) mass is 909 g/mol. The standard InChI is InChI=1S/C66H47N5/c1-6-20-46(21-7-1)67(51-34-38-63-57(42-51)55-30-16-18-32-61(55)69(63)48-24-10-3-11-25-48)53-36-40-65-59(44-53)60-45-54(37-41-66(60)71(65)50-28-14-5-15-29-50)68(47-22-8-2-9-23-47)52-35-39-64-58(43-52)56-31-17-19-33-62(56)70(64)49-26-12-4-13-27-49/h1-40,42-45,66H,41H2. The number of fused-ring (bicyclic) bond motifs is 9. The van der Waals surface area contributed by atoms with Crippen LogP contribution in [0.25, 0.3) is 60.6 Å². The summed E-state index contributed by atoms with van der Waals surface area (Å²) in [5.74, 6) is 0. The summed E-state index contributed by atoms with van der Waals surface area (Å²) in [6.45, 7) is 0. The molecule has 336 valence electrons. The predicted molar refractivity (Wildman–Crippen MR) is 298 cm³/mol. The van der Waals surface area contributed by atoms with Crippen molar-refractivity contribution in [2.24, 2.45) is 0 Å². The maximum Gasteiger partial charge on any atom is 0.0634 e. The number of rotatable bonds is 9. The molecule has 71 heavy (non-hydrogen) atoms. The Kier molecular flexibility index (Phi) is 9.59. The van der Waals surface area contributed by atoms with Crippen molar-refractivity contribution < 1.29 is 0 Å². The van der Waals surface area contributed by atoms with Crippen molar-refractivity contribution in [1.29, 1.82) is 0 Å². The Balaban J connectivity index is 0.933. The molecule has 0 spiro atoms. The lowest BCUT2D eigenvalue weighted by molar-refractivity contribution is 0.820. The first-order valence-corrected chi connectivity index (χ1v) is 24.5. The van der Waals surface area contributed by atoms with Crippen LogP contribution in [0.4, 0.5) is 39.8 Å². The van der Waals surface area contributed by atoms with Crippen molar-refractivity contribution in [2.45, 2.75) is 12.5 Å². The van der Waals surface area contributed by atoms with Gasteiger partial charge in [0.05, 0.1) is 28.1 Å². The van der Waals surface area contributed by atoms with Gasteiger partial charge in [0.15, 0.2) is 0 Å². The molecule has 2 aromatic heterocycles. The van der Waals surface area contributed by atoms with E-state index in [2.05, 4.69) is 291 Å². The molecule has 3 heterocycles. The van der Waals surface area contributed by atoms with E-state index in [1.54, 1.807) is 0 Å². The maximum absolute atomic E-state index is 2.55. The molecule has 0 N–H and O–H groups in total. The molecule has 10 aromatic carbocycles. The molecule has 1 aliphatic heterocycles. The van der Waals surface area contributed by atoms with E-state index in [4.69, 9.17) is 0 Å². The van der Waals surface area contributed by atoms with Gasteiger partial charge >= 0.3 is 0 Å². The van der Waals surface area contributed by atoms with E-state index in [-0.39, 0.29) is 6.04 Å². The molecular weight excluding hydrogens is 863 g/mol. The van der Waals surface area contributed by atoms with Gasteiger partial charge in [0.2, 0.25) is 0 Å². The van der Waals surface area contributed by atoms with Crippen molar-refractivity contribution in [3.05, 3.63) is 278 Å². The summed E-state index contributed by atoms with van der Waals surface area (Å²) >= 11 is 0. The Morgan fingerprint density at radius 2 is 0.761 bits per heavy atom. The van der Waals surface area contributed by atoms with E-state index in [9.17, 15) is 0 Å². The normalized spacial score (nSPS) is 14.1. The highest BCUT2D eigenvalue weighted by Crippen LogP contribution is 2.52. The molecule has 0 fully saturated rings.